The van der Waals surface area contributed by atoms with Crippen molar-refractivity contribution in [2.75, 3.05) is 19.0 Å². The van der Waals surface area contributed by atoms with Gasteiger partial charge < -0.3 is 10.2 Å². The van der Waals surface area contributed by atoms with Crippen molar-refractivity contribution in [1.82, 2.24) is 15.3 Å². The van der Waals surface area contributed by atoms with E-state index in [1.807, 2.05) is 55.7 Å². The van der Waals surface area contributed by atoms with Crippen LogP contribution < -0.4 is 10.2 Å². The summed E-state index contributed by atoms with van der Waals surface area (Å²) in [5.41, 5.74) is 2.13. The summed E-state index contributed by atoms with van der Waals surface area (Å²) in [4.78, 5) is 10.8. The zero-order valence-electron chi connectivity index (χ0n) is 12.0. The summed E-state index contributed by atoms with van der Waals surface area (Å²) in [6.45, 7) is 2.86. The van der Waals surface area contributed by atoms with E-state index in [1.54, 1.807) is 0 Å². The minimum atomic E-state index is 0.110. The predicted octanol–water partition coefficient (Wildman–Crippen LogP) is 3.05. The Morgan fingerprint density at radius 2 is 1.90 bits per heavy atom. The minimum Gasteiger partial charge on any atom is -0.337 e. The standard InChI is InChI=1S/C15H19ClN4/c1-11(13-6-4-5-7-14(13)16)20(3)15-18-9-12(8-17-2)10-19-15/h4-7,9-11,17H,8H2,1-3H3. The lowest BCUT2D eigenvalue weighted by molar-refractivity contribution is 0.711. The molecule has 106 valence electrons. The summed E-state index contributed by atoms with van der Waals surface area (Å²) < 4.78 is 0. The van der Waals surface area contributed by atoms with Crippen molar-refractivity contribution in [3.63, 3.8) is 0 Å². The first-order chi connectivity index (χ1) is 9.63. The number of hydrogen-bond donors (Lipinski definition) is 1. The number of nitrogens with one attached hydrogen (secondary N) is 1. The van der Waals surface area contributed by atoms with E-state index in [4.69, 9.17) is 11.6 Å². The molecule has 1 N–H and O–H groups in total. The molecule has 1 heterocycles. The highest BCUT2D eigenvalue weighted by atomic mass is 35.5. The van der Waals surface area contributed by atoms with Crippen LogP contribution in [-0.4, -0.2) is 24.1 Å². The third-order valence-corrected chi connectivity index (χ3v) is 3.67. The summed E-state index contributed by atoms with van der Waals surface area (Å²) in [5.74, 6) is 0.692. The highest BCUT2D eigenvalue weighted by Crippen LogP contribution is 2.27. The van der Waals surface area contributed by atoms with Crippen LogP contribution in [0.3, 0.4) is 0 Å². The number of anilines is 1. The third-order valence-electron chi connectivity index (χ3n) is 3.32. The quantitative estimate of drug-likeness (QED) is 0.919. The SMILES string of the molecule is CNCc1cnc(N(C)C(C)c2ccccc2Cl)nc1. The maximum Gasteiger partial charge on any atom is 0.225 e. The molecule has 1 unspecified atom stereocenters. The topological polar surface area (TPSA) is 41.1 Å². The first-order valence-corrected chi connectivity index (χ1v) is 6.94. The van der Waals surface area contributed by atoms with Gasteiger partial charge in [-0.3, -0.25) is 0 Å². The second-order valence-electron chi connectivity index (χ2n) is 4.73. The van der Waals surface area contributed by atoms with Crippen molar-refractivity contribution in [2.24, 2.45) is 0 Å². The van der Waals surface area contributed by atoms with E-state index >= 15 is 0 Å². The van der Waals surface area contributed by atoms with Crippen molar-refractivity contribution in [2.45, 2.75) is 19.5 Å². The summed E-state index contributed by atoms with van der Waals surface area (Å²) in [6.07, 6.45) is 3.68. The third kappa shape index (κ3) is 3.26. The summed E-state index contributed by atoms with van der Waals surface area (Å²) in [7, 11) is 3.88. The first-order valence-electron chi connectivity index (χ1n) is 6.56. The predicted molar refractivity (Wildman–Crippen MR) is 83.1 cm³/mol. The molecular weight excluding hydrogens is 272 g/mol. The molecule has 0 fully saturated rings. The summed E-state index contributed by atoms with van der Waals surface area (Å²) in [6, 6.07) is 7.96. The lowest BCUT2D eigenvalue weighted by Crippen LogP contribution is -2.24. The van der Waals surface area contributed by atoms with Gasteiger partial charge in [0.05, 0.1) is 6.04 Å². The van der Waals surface area contributed by atoms with Crippen LogP contribution in [0.1, 0.15) is 24.1 Å². The second-order valence-corrected chi connectivity index (χ2v) is 5.14. The van der Waals surface area contributed by atoms with Gasteiger partial charge >= 0.3 is 0 Å². The van der Waals surface area contributed by atoms with E-state index in [0.29, 0.717) is 5.95 Å². The van der Waals surface area contributed by atoms with Gasteiger partial charge in [-0.1, -0.05) is 29.8 Å². The lowest BCUT2D eigenvalue weighted by atomic mass is 10.1. The molecule has 0 aliphatic heterocycles. The van der Waals surface area contributed by atoms with Gasteiger partial charge in [-0.15, -0.1) is 0 Å². The molecule has 0 amide bonds. The molecule has 0 aliphatic carbocycles. The van der Waals surface area contributed by atoms with Crippen LogP contribution in [0.15, 0.2) is 36.7 Å². The molecule has 0 aliphatic rings. The van der Waals surface area contributed by atoms with Crippen LogP contribution in [0.5, 0.6) is 0 Å². The smallest absolute Gasteiger partial charge is 0.225 e. The molecule has 0 bridgehead atoms. The van der Waals surface area contributed by atoms with Crippen molar-refractivity contribution in [3.05, 3.63) is 52.8 Å². The fourth-order valence-electron chi connectivity index (χ4n) is 2.02. The number of nitrogens with zero attached hydrogens (tertiary/aromatic N) is 3. The van der Waals surface area contributed by atoms with Crippen LogP contribution in [0, 0.1) is 0 Å². The Morgan fingerprint density at radius 1 is 1.25 bits per heavy atom. The monoisotopic (exact) mass is 290 g/mol. The Morgan fingerprint density at radius 3 is 2.50 bits per heavy atom. The summed E-state index contributed by atoms with van der Waals surface area (Å²) >= 11 is 6.24. The van der Waals surface area contributed by atoms with Gasteiger partial charge in [0.15, 0.2) is 0 Å². The fourth-order valence-corrected chi connectivity index (χ4v) is 2.31. The molecule has 2 aromatic rings. The maximum absolute atomic E-state index is 6.24. The summed E-state index contributed by atoms with van der Waals surface area (Å²) in [5, 5.41) is 3.84. The fraction of sp³-hybridized carbons (Fsp3) is 0.333. The molecule has 0 spiro atoms. The zero-order valence-corrected chi connectivity index (χ0v) is 12.7. The van der Waals surface area contributed by atoms with Gasteiger partial charge in [0.1, 0.15) is 0 Å². The van der Waals surface area contributed by atoms with E-state index in [-0.39, 0.29) is 6.04 Å². The van der Waals surface area contributed by atoms with Gasteiger partial charge in [0, 0.05) is 36.6 Å². The van der Waals surface area contributed by atoms with E-state index < -0.39 is 0 Å². The first kappa shape index (κ1) is 14.8. The molecule has 2 rings (SSSR count). The largest absolute Gasteiger partial charge is 0.337 e. The Balaban J connectivity index is 2.18. The molecule has 0 radical (unpaired) electrons. The van der Waals surface area contributed by atoms with Crippen molar-refractivity contribution in [1.29, 1.82) is 0 Å². The van der Waals surface area contributed by atoms with E-state index in [1.165, 1.54) is 0 Å². The van der Waals surface area contributed by atoms with Gasteiger partial charge in [-0.2, -0.15) is 0 Å². The van der Waals surface area contributed by atoms with Crippen LogP contribution >= 0.6 is 11.6 Å². The highest BCUT2D eigenvalue weighted by Gasteiger charge is 2.16. The van der Waals surface area contributed by atoms with Gasteiger partial charge in [-0.05, 0) is 25.6 Å². The molecule has 0 saturated carbocycles. The van der Waals surface area contributed by atoms with E-state index in [0.717, 1.165) is 22.7 Å². The van der Waals surface area contributed by atoms with Crippen molar-refractivity contribution in [3.8, 4) is 0 Å². The zero-order chi connectivity index (χ0) is 14.5. The van der Waals surface area contributed by atoms with Crippen LogP contribution in [0.2, 0.25) is 5.02 Å². The van der Waals surface area contributed by atoms with Gasteiger partial charge in [-0.25, -0.2) is 9.97 Å². The molecule has 20 heavy (non-hydrogen) atoms. The number of aromatic nitrogens is 2. The lowest BCUT2D eigenvalue weighted by Gasteiger charge is -2.26. The normalized spacial score (nSPS) is 12.2. The molecular formula is C15H19ClN4. The second kappa shape index (κ2) is 6.68. The molecule has 1 aromatic heterocycles. The Hall–Kier alpha value is -1.65. The van der Waals surface area contributed by atoms with Crippen LogP contribution in [0.4, 0.5) is 5.95 Å². The number of rotatable bonds is 5. The molecule has 1 aromatic carbocycles. The number of benzene rings is 1. The highest BCUT2D eigenvalue weighted by molar-refractivity contribution is 6.31. The molecule has 1 atom stereocenters. The average Bonchev–Trinajstić information content (AvgIpc) is 2.47. The minimum absolute atomic E-state index is 0.110. The number of hydrogen-bond acceptors (Lipinski definition) is 4. The Bertz CT molecular complexity index is 556. The average molecular weight is 291 g/mol. The van der Waals surface area contributed by atoms with Crippen molar-refractivity contribution < 1.29 is 0 Å². The van der Waals surface area contributed by atoms with Crippen molar-refractivity contribution >= 4 is 17.5 Å². The van der Waals surface area contributed by atoms with Gasteiger partial charge in [0.2, 0.25) is 5.95 Å². The molecule has 0 saturated heterocycles. The van der Waals surface area contributed by atoms with Crippen LogP contribution in [0.25, 0.3) is 0 Å². The van der Waals surface area contributed by atoms with Gasteiger partial charge in [0.25, 0.3) is 0 Å². The van der Waals surface area contributed by atoms with E-state index in [9.17, 15) is 0 Å². The maximum atomic E-state index is 6.24. The molecule has 5 heteroatoms. The van der Waals surface area contributed by atoms with E-state index in [2.05, 4.69) is 22.2 Å². The Kier molecular flexibility index (Phi) is 4.93. The van der Waals surface area contributed by atoms with Crippen LogP contribution in [-0.2, 0) is 6.54 Å². The Labute approximate surface area is 124 Å². The number of halogens is 1. The molecule has 4 nitrogen and oxygen atoms in total.